The highest BCUT2D eigenvalue weighted by molar-refractivity contribution is 5.82. The highest BCUT2D eigenvalue weighted by Gasteiger charge is 2.30. The van der Waals surface area contributed by atoms with Crippen LogP contribution in [0, 0.1) is 0 Å². The first-order valence-corrected chi connectivity index (χ1v) is 11.9. The largest absolute Gasteiger partial charge is 0.379 e. The molecule has 0 spiro atoms. The van der Waals surface area contributed by atoms with E-state index >= 15 is 0 Å². The van der Waals surface area contributed by atoms with E-state index in [0.717, 1.165) is 79.8 Å². The molecular weight excluding hydrogens is 416 g/mol. The summed E-state index contributed by atoms with van der Waals surface area (Å²) >= 11 is 0. The van der Waals surface area contributed by atoms with Gasteiger partial charge in [-0.05, 0) is 37.3 Å². The zero-order valence-corrected chi connectivity index (χ0v) is 19.0. The average Bonchev–Trinajstić information content (AvgIpc) is 3.43. The molecule has 6 rings (SSSR count). The van der Waals surface area contributed by atoms with E-state index in [9.17, 15) is 0 Å². The zero-order valence-electron chi connectivity index (χ0n) is 19.0. The summed E-state index contributed by atoms with van der Waals surface area (Å²) in [5.74, 6) is 1.72. The Labute approximate surface area is 193 Å². The molecule has 2 aliphatic carbocycles. The third-order valence-corrected chi connectivity index (χ3v) is 7.08. The van der Waals surface area contributed by atoms with Crippen LogP contribution in [0.1, 0.15) is 36.9 Å². The second kappa shape index (κ2) is 8.72. The topological polar surface area (TPSA) is 93.0 Å². The first-order valence-electron chi connectivity index (χ1n) is 11.9. The smallest absolute Gasteiger partial charge is 0.139 e. The summed E-state index contributed by atoms with van der Waals surface area (Å²) in [6.07, 6.45) is 11.0. The molecule has 4 heterocycles. The molecule has 0 radical (unpaired) electrons. The predicted octanol–water partition coefficient (Wildman–Crippen LogP) is 2.98. The third kappa shape index (κ3) is 4.18. The number of aryl methyl sites for hydroxylation is 1. The molecule has 1 saturated carbocycles. The Balaban J connectivity index is 1.18. The van der Waals surface area contributed by atoms with Gasteiger partial charge in [-0.1, -0.05) is 6.07 Å². The van der Waals surface area contributed by atoms with Crippen molar-refractivity contribution in [2.45, 2.75) is 44.2 Å². The molecule has 3 aromatic rings. The molecule has 0 bridgehead atoms. The van der Waals surface area contributed by atoms with Crippen LogP contribution in [-0.4, -0.2) is 68.0 Å². The van der Waals surface area contributed by atoms with Gasteiger partial charge in [0.25, 0.3) is 0 Å². The quantitative estimate of drug-likeness (QED) is 0.483. The zero-order chi connectivity index (χ0) is 22.2. The highest BCUT2D eigenvalue weighted by Crippen LogP contribution is 2.40. The van der Waals surface area contributed by atoms with E-state index < -0.39 is 0 Å². The average molecular weight is 447 g/mol. The maximum absolute atomic E-state index is 5.52. The van der Waals surface area contributed by atoms with Crippen molar-refractivity contribution in [2.24, 2.45) is 7.05 Å². The van der Waals surface area contributed by atoms with Gasteiger partial charge < -0.3 is 15.4 Å². The summed E-state index contributed by atoms with van der Waals surface area (Å²) < 4.78 is 7.29. The number of pyridine rings is 1. The third-order valence-electron chi connectivity index (χ3n) is 7.08. The summed E-state index contributed by atoms with van der Waals surface area (Å²) in [5.41, 5.74) is 5.20. The van der Waals surface area contributed by atoms with Gasteiger partial charge >= 0.3 is 0 Å². The van der Waals surface area contributed by atoms with Gasteiger partial charge in [0.1, 0.15) is 18.0 Å². The van der Waals surface area contributed by atoms with Crippen molar-refractivity contribution < 1.29 is 4.74 Å². The van der Waals surface area contributed by atoms with E-state index in [1.165, 1.54) is 18.4 Å². The van der Waals surface area contributed by atoms with Crippen LogP contribution >= 0.6 is 0 Å². The monoisotopic (exact) mass is 446 g/mol. The molecule has 33 heavy (non-hydrogen) atoms. The highest BCUT2D eigenvalue weighted by atomic mass is 16.5. The second-order valence-corrected chi connectivity index (χ2v) is 9.25. The van der Waals surface area contributed by atoms with E-state index in [0.29, 0.717) is 12.1 Å². The van der Waals surface area contributed by atoms with Gasteiger partial charge in [0.2, 0.25) is 0 Å². The van der Waals surface area contributed by atoms with Crippen LogP contribution in [0.5, 0.6) is 0 Å². The standard InChI is InChI=1S/C24H30N8O/c1-31-14-18(13-27-31)28-21-7-2-16-12-20-22(23(16)30-21)24(26-15-25-20)29-17-3-5-19(6-4-17)32-8-10-33-11-9-32/h2,7,13-15,17,19H,3-6,8-12H2,1H3,(H,28,30)(H,25,26,29). The number of rotatable bonds is 5. The summed E-state index contributed by atoms with van der Waals surface area (Å²) in [4.78, 5) is 16.8. The molecule has 1 aliphatic heterocycles. The van der Waals surface area contributed by atoms with Gasteiger partial charge in [-0.25, -0.2) is 15.0 Å². The fourth-order valence-corrected chi connectivity index (χ4v) is 5.37. The first-order chi connectivity index (χ1) is 16.2. The number of morpholine rings is 1. The number of anilines is 3. The molecule has 1 saturated heterocycles. The van der Waals surface area contributed by atoms with Crippen molar-refractivity contribution in [2.75, 3.05) is 36.9 Å². The molecule has 2 fully saturated rings. The summed E-state index contributed by atoms with van der Waals surface area (Å²) in [6, 6.07) is 5.28. The number of fused-ring (bicyclic) bond motifs is 3. The minimum absolute atomic E-state index is 0.432. The van der Waals surface area contributed by atoms with Gasteiger partial charge in [-0.15, -0.1) is 0 Å². The van der Waals surface area contributed by atoms with E-state index in [-0.39, 0.29) is 0 Å². The SMILES string of the molecule is Cn1cc(Nc2ccc3c(n2)-c2c(ncnc2NC2CCC(N4CCOCC4)CC2)C3)cn1. The minimum Gasteiger partial charge on any atom is -0.379 e. The lowest BCUT2D eigenvalue weighted by atomic mass is 9.90. The van der Waals surface area contributed by atoms with Crippen molar-refractivity contribution in [3.63, 3.8) is 0 Å². The van der Waals surface area contributed by atoms with Crippen LogP contribution < -0.4 is 10.6 Å². The Morgan fingerprint density at radius 1 is 1.06 bits per heavy atom. The number of aromatic nitrogens is 5. The van der Waals surface area contributed by atoms with Gasteiger partial charge in [-0.2, -0.15) is 5.10 Å². The van der Waals surface area contributed by atoms with Crippen molar-refractivity contribution in [3.05, 3.63) is 42.1 Å². The Morgan fingerprint density at radius 3 is 2.70 bits per heavy atom. The van der Waals surface area contributed by atoms with Crippen LogP contribution in [0.4, 0.5) is 17.3 Å². The van der Waals surface area contributed by atoms with E-state index in [2.05, 4.69) is 36.7 Å². The number of nitrogens with zero attached hydrogens (tertiary/aromatic N) is 6. The minimum atomic E-state index is 0.432. The lowest BCUT2D eigenvalue weighted by Crippen LogP contribution is -2.46. The fourth-order valence-electron chi connectivity index (χ4n) is 5.37. The van der Waals surface area contributed by atoms with Crippen LogP contribution in [-0.2, 0) is 18.2 Å². The maximum atomic E-state index is 5.52. The Hall–Kier alpha value is -3.04. The van der Waals surface area contributed by atoms with Crippen LogP contribution in [0.15, 0.2) is 30.9 Å². The van der Waals surface area contributed by atoms with E-state index in [1.807, 2.05) is 19.3 Å². The van der Waals surface area contributed by atoms with Crippen molar-refractivity contribution in [3.8, 4) is 11.3 Å². The maximum Gasteiger partial charge on any atom is 0.139 e. The van der Waals surface area contributed by atoms with Crippen LogP contribution in [0.2, 0.25) is 0 Å². The van der Waals surface area contributed by atoms with Gasteiger partial charge in [0.05, 0.1) is 42.0 Å². The molecule has 172 valence electrons. The van der Waals surface area contributed by atoms with Gasteiger partial charge in [0.15, 0.2) is 0 Å². The number of hydrogen-bond acceptors (Lipinski definition) is 8. The Morgan fingerprint density at radius 2 is 1.91 bits per heavy atom. The molecule has 2 N–H and O–H groups in total. The Bertz CT molecular complexity index is 1130. The fraction of sp³-hybridized carbons (Fsp3) is 0.500. The summed E-state index contributed by atoms with van der Waals surface area (Å²) in [7, 11) is 1.90. The van der Waals surface area contributed by atoms with E-state index in [4.69, 9.17) is 9.72 Å². The molecule has 0 aromatic carbocycles. The molecule has 9 heteroatoms. The van der Waals surface area contributed by atoms with Crippen molar-refractivity contribution in [1.29, 1.82) is 0 Å². The lowest BCUT2D eigenvalue weighted by Gasteiger charge is -2.39. The Kier molecular flexibility index (Phi) is 5.43. The number of ether oxygens (including phenoxy) is 1. The van der Waals surface area contributed by atoms with E-state index in [1.54, 1.807) is 17.2 Å². The molecule has 3 aliphatic rings. The van der Waals surface area contributed by atoms with Gasteiger partial charge in [-0.3, -0.25) is 9.58 Å². The second-order valence-electron chi connectivity index (χ2n) is 9.25. The van der Waals surface area contributed by atoms with Crippen LogP contribution in [0.25, 0.3) is 11.3 Å². The molecule has 0 atom stereocenters. The lowest BCUT2D eigenvalue weighted by molar-refractivity contribution is 0.00791. The van der Waals surface area contributed by atoms with Crippen molar-refractivity contribution in [1.82, 2.24) is 29.6 Å². The number of hydrogen-bond donors (Lipinski definition) is 2. The first kappa shape index (κ1) is 20.6. The molecule has 0 amide bonds. The van der Waals surface area contributed by atoms with Crippen molar-refractivity contribution >= 4 is 17.3 Å². The summed E-state index contributed by atoms with van der Waals surface area (Å²) in [6.45, 7) is 3.88. The molecule has 3 aromatic heterocycles. The molecular formula is C24H30N8O. The molecule has 9 nitrogen and oxygen atoms in total. The van der Waals surface area contributed by atoms with Crippen LogP contribution in [0.3, 0.4) is 0 Å². The molecule has 0 unspecified atom stereocenters. The summed E-state index contributed by atoms with van der Waals surface area (Å²) in [5, 5.41) is 11.3. The normalized spacial score (nSPS) is 22.6. The predicted molar refractivity (Wildman–Crippen MR) is 127 cm³/mol. The number of nitrogens with one attached hydrogen (secondary N) is 2. The van der Waals surface area contributed by atoms with Gasteiger partial charge in [0, 0.05) is 44.8 Å².